The highest BCUT2D eigenvalue weighted by Crippen LogP contribution is 2.43. The quantitative estimate of drug-likeness (QED) is 0.831. The van der Waals surface area contributed by atoms with Gasteiger partial charge in [-0.15, -0.1) is 0 Å². The highest BCUT2D eigenvalue weighted by Gasteiger charge is 2.53. The van der Waals surface area contributed by atoms with Gasteiger partial charge >= 0.3 is 6.03 Å². The summed E-state index contributed by atoms with van der Waals surface area (Å²) in [4.78, 5) is 28.9. The summed E-state index contributed by atoms with van der Waals surface area (Å²) in [6.07, 6.45) is 1.45. The molecule has 1 spiro atoms. The summed E-state index contributed by atoms with van der Waals surface area (Å²) in [6.45, 7) is 2.45. The van der Waals surface area contributed by atoms with E-state index in [1.807, 2.05) is 64.4 Å². The molecule has 2 aliphatic rings. The molecule has 0 atom stereocenters. The molecule has 2 aromatic rings. The van der Waals surface area contributed by atoms with Crippen molar-refractivity contribution in [2.45, 2.75) is 19.4 Å². The van der Waals surface area contributed by atoms with Gasteiger partial charge in [0.2, 0.25) is 5.91 Å². The first-order valence-electron chi connectivity index (χ1n) is 9.64. The Bertz CT molecular complexity index is 843. The zero-order valence-electron chi connectivity index (χ0n) is 16.1. The summed E-state index contributed by atoms with van der Waals surface area (Å²) in [7, 11) is 1.63. The standard InChI is InChI=1S/C22H25N3O3/c1-28-19-9-7-17(8-10-19)15-23-21(27)24-13-11-22(12-14-24)16-25(20(22)26)18-5-3-2-4-6-18/h2-10H,11-16H2,1H3,(H,23,27). The van der Waals surface area contributed by atoms with Crippen LogP contribution in [0.4, 0.5) is 10.5 Å². The van der Waals surface area contributed by atoms with Gasteiger partial charge < -0.3 is 19.9 Å². The molecule has 0 aromatic heterocycles. The van der Waals surface area contributed by atoms with Crippen LogP contribution in [0.5, 0.6) is 5.75 Å². The van der Waals surface area contributed by atoms with Crippen LogP contribution < -0.4 is 15.0 Å². The van der Waals surface area contributed by atoms with Crippen molar-refractivity contribution in [3.05, 3.63) is 60.2 Å². The van der Waals surface area contributed by atoms with Gasteiger partial charge in [-0.05, 0) is 42.7 Å². The lowest BCUT2D eigenvalue weighted by molar-refractivity contribution is -0.138. The maximum Gasteiger partial charge on any atom is 0.317 e. The number of para-hydroxylation sites is 1. The lowest BCUT2D eigenvalue weighted by Crippen LogP contribution is -2.65. The van der Waals surface area contributed by atoms with E-state index in [1.54, 1.807) is 7.11 Å². The van der Waals surface area contributed by atoms with E-state index in [4.69, 9.17) is 4.74 Å². The largest absolute Gasteiger partial charge is 0.497 e. The van der Waals surface area contributed by atoms with Gasteiger partial charge in [0.25, 0.3) is 0 Å². The zero-order chi connectivity index (χ0) is 19.6. The summed E-state index contributed by atoms with van der Waals surface area (Å²) in [6, 6.07) is 17.3. The molecule has 1 N–H and O–H groups in total. The molecule has 3 amide bonds. The monoisotopic (exact) mass is 379 g/mol. The van der Waals surface area contributed by atoms with Crippen LogP contribution in [0.15, 0.2) is 54.6 Å². The Kier molecular flexibility index (Phi) is 4.94. The number of likely N-dealkylation sites (tertiary alicyclic amines) is 1. The molecular weight excluding hydrogens is 354 g/mol. The molecule has 146 valence electrons. The highest BCUT2D eigenvalue weighted by molar-refractivity contribution is 6.04. The van der Waals surface area contributed by atoms with E-state index in [0.717, 1.165) is 36.4 Å². The fourth-order valence-electron chi connectivity index (χ4n) is 4.00. The summed E-state index contributed by atoms with van der Waals surface area (Å²) in [5, 5.41) is 2.97. The third kappa shape index (κ3) is 3.42. The van der Waals surface area contributed by atoms with E-state index in [1.165, 1.54) is 0 Å². The Hall–Kier alpha value is -3.02. The second-order valence-electron chi connectivity index (χ2n) is 7.50. The molecule has 0 aliphatic carbocycles. The van der Waals surface area contributed by atoms with Crippen molar-refractivity contribution in [2.75, 3.05) is 31.6 Å². The number of hydrogen-bond acceptors (Lipinski definition) is 3. The fraction of sp³-hybridized carbons (Fsp3) is 0.364. The minimum Gasteiger partial charge on any atom is -0.497 e. The molecular formula is C22H25N3O3. The molecule has 6 nitrogen and oxygen atoms in total. The van der Waals surface area contributed by atoms with Gasteiger partial charge in [0.05, 0.1) is 12.5 Å². The number of benzene rings is 2. The minimum absolute atomic E-state index is 0.0719. The predicted molar refractivity (Wildman–Crippen MR) is 107 cm³/mol. The molecule has 6 heteroatoms. The van der Waals surface area contributed by atoms with Crippen LogP contribution in [0.2, 0.25) is 0 Å². The van der Waals surface area contributed by atoms with Crippen LogP contribution in [-0.2, 0) is 11.3 Å². The van der Waals surface area contributed by atoms with Gasteiger partial charge in [0, 0.05) is 31.9 Å². The van der Waals surface area contributed by atoms with Crippen molar-refractivity contribution in [2.24, 2.45) is 5.41 Å². The Morgan fingerprint density at radius 2 is 1.75 bits per heavy atom. The van der Waals surface area contributed by atoms with Crippen molar-refractivity contribution in [3.63, 3.8) is 0 Å². The Morgan fingerprint density at radius 3 is 2.36 bits per heavy atom. The molecule has 2 fully saturated rings. The molecule has 2 heterocycles. The molecule has 0 bridgehead atoms. The van der Waals surface area contributed by atoms with Gasteiger partial charge in [0.15, 0.2) is 0 Å². The van der Waals surface area contributed by atoms with E-state index in [9.17, 15) is 9.59 Å². The Balaban J connectivity index is 1.27. The van der Waals surface area contributed by atoms with E-state index in [0.29, 0.717) is 19.6 Å². The lowest BCUT2D eigenvalue weighted by Gasteiger charge is -2.52. The number of carbonyl (C=O) groups is 2. The topological polar surface area (TPSA) is 61.9 Å². The average Bonchev–Trinajstić information content (AvgIpc) is 2.77. The molecule has 2 aliphatic heterocycles. The second kappa shape index (κ2) is 7.54. The molecule has 4 rings (SSSR count). The number of piperidine rings is 1. The van der Waals surface area contributed by atoms with Crippen molar-refractivity contribution < 1.29 is 14.3 Å². The smallest absolute Gasteiger partial charge is 0.317 e. The van der Waals surface area contributed by atoms with E-state index < -0.39 is 0 Å². The number of anilines is 1. The van der Waals surface area contributed by atoms with Gasteiger partial charge in [-0.2, -0.15) is 0 Å². The third-order valence-electron chi connectivity index (χ3n) is 5.84. The van der Waals surface area contributed by atoms with Crippen LogP contribution >= 0.6 is 0 Å². The maximum absolute atomic E-state index is 12.8. The van der Waals surface area contributed by atoms with Gasteiger partial charge in [-0.25, -0.2) is 4.79 Å². The first-order chi connectivity index (χ1) is 13.6. The lowest BCUT2D eigenvalue weighted by atomic mass is 9.71. The number of carbonyl (C=O) groups excluding carboxylic acids is 2. The van der Waals surface area contributed by atoms with Crippen LogP contribution in [0.1, 0.15) is 18.4 Å². The van der Waals surface area contributed by atoms with Gasteiger partial charge in [-0.1, -0.05) is 30.3 Å². The normalized spacial score (nSPS) is 18.0. The van der Waals surface area contributed by atoms with Crippen molar-refractivity contribution in [1.82, 2.24) is 10.2 Å². The van der Waals surface area contributed by atoms with Crippen molar-refractivity contribution >= 4 is 17.6 Å². The number of hydrogen-bond donors (Lipinski definition) is 1. The number of nitrogens with zero attached hydrogens (tertiary/aromatic N) is 2. The molecule has 0 saturated carbocycles. The molecule has 2 aromatic carbocycles. The van der Waals surface area contributed by atoms with Crippen molar-refractivity contribution in [3.8, 4) is 5.75 Å². The van der Waals surface area contributed by atoms with Crippen molar-refractivity contribution in [1.29, 1.82) is 0 Å². The highest BCUT2D eigenvalue weighted by atomic mass is 16.5. The van der Waals surface area contributed by atoms with Crippen LogP contribution in [0, 0.1) is 5.41 Å². The number of amides is 3. The summed E-state index contributed by atoms with van der Waals surface area (Å²) >= 11 is 0. The maximum atomic E-state index is 12.8. The molecule has 28 heavy (non-hydrogen) atoms. The molecule has 0 radical (unpaired) electrons. The van der Waals surface area contributed by atoms with Crippen LogP contribution in [-0.4, -0.2) is 43.6 Å². The summed E-state index contributed by atoms with van der Waals surface area (Å²) < 4.78 is 5.14. The SMILES string of the molecule is COc1ccc(CNC(=O)N2CCC3(CC2)CN(c2ccccc2)C3=O)cc1. The summed E-state index contributed by atoms with van der Waals surface area (Å²) in [5.41, 5.74) is 1.69. The minimum atomic E-state index is -0.289. The number of ether oxygens (including phenoxy) is 1. The van der Waals surface area contributed by atoms with E-state index in [-0.39, 0.29) is 17.4 Å². The first-order valence-corrected chi connectivity index (χ1v) is 9.64. The molecule has 0 unspecified atom stereocenters. The van der Waals surface area contributed by atoms with E-state index >= 15 is 0 Å². The molecule has 2 saturated heterocycles. The Morgan fingerprint density at radius 1 is 1.07 bits per heavy atom. The number of β-lactam (4-membered cyclic amide) rings is 1. The summed E-state index contributed by atoms with van der Waals surface area (Å²) in [5.74, 6) is 0.989. The number of rotatable bonds is 4. The van der Waals surface area contributed by atoms with Gasteiger partial charge in [0.1, 0.15) is 5.75 Å². The van der Waals surface area contributed by atoms with Crippen LogP contribution in [0.25, 0.3) is 0 Å². The average molecular weight is 379 g/mol. The first kappa shape index (κ1) is 18.3. The van der Waals surface area contributed by atoms with E-state index in [2.05, 4.69) is 5.32 Å². The number of urea groups is 1. The third-order valence-corrected chi connectivity index (χ3v) is 5.84. The zero-order valence-corrected chi connectivity index (χ0v) is 16.1. The van der Waals surface area contributed by atoms with Crippen LogP contribution in [0.3, 0.4) is 0 Å². The second-order valence-corrected chi connectivity index (χ2v) is 7.50. The van der Waals surface area contributed by atoms with Gasteiger partial charge in [-0.3, -0.25) is 4.79 Å². The number of methoxy groups -OCH3 is 1. The number of nitrogens with one attached hydrogen (secondary N) is 1. The Labute approximate surface area is 165 Å². The fourth-order valence-corrected chi connectivity index (χ4v) is 4.00. The predicted octanol–water partition coefficient (Wildman–Crippen LogP) is 3.03.